The summed E-state index contributed by atoms with van der Waals surface area (Å²) in [5, 5.41) is 14.6. The largest absolute Gasteiger partial charge is 0.495 e. The summed E-state index contributed by atoms with van der Waals surface area (Å²) in [6.45, 7) is 2.71. The van der Waals surface area contributed by atoms with Gasteiger partial charge in [0.1, 0.15) is 24.0 Å². The number of carbonyl (C=O) groups excluding carboxylic acids is 1. The maximum atomic E-state index is 12.7. The fourth-order valence-electron chi connectivity index (χ4n) is 3.83. The van der Waals surface area contributed by atoms with Crippen LogP contribution in [0.3, 0.4) is 0 Å². The summed E-state index contributed by atoms with van der Waals surface area (Å²) in [5.74, 6) is 1.10. The Labute approximate surface area is 210 Å². The van der Waals surface area contributed by atoms with Crippen LogP contribution in [0, 0.1) is 11.3 Å². The Balaban J connectivity index is 1.55. The second kappa shape index (κ2) is 11.6. The lowest BCUT2D eigenvalue weighted by Gasteiger charge is -2.14. The lowest BCUT2D eigenvalue weighted by molar-refractivity contribution is -0.112. The van der Waals surface area contributed by atoms with Gasteiger partial charge in [-0.15, -0.1) is 0 Å². The minimum Gasteiger partial charge on any atom is -0.495 e. The first-order valence-corrected chi connectivity index (χ1v) is 11.6. The summed E-state index contributed by atoms with van der Waals surface area (Å²) in [5.41, 5.74) is 2.15. The lowest BCUT2D eigenvalue weighted by atomic mass is 10.1. The smallest absolute Gasteiger partial charge is 0.266 e. The van der Waals surface area contributed by atoms with E-state index in [0.717, 1.165) is 16.3 Å². The zero-order valence-corrected chi connectivity index (χ0v) is 20.2. The molecule has 0 aliphatic rings. The highest BCUT2D eigenvalue weighted by molar-refractivity contribution is 6.10. The van der Waals surface area contributed by atoms with Gasteiger partial charge in [0.2, 0.25) is 0 Å². The Hall–Kier alpha value is -4.76. The summed E-state index contributed by atoms with van der Waals surface area (Å²) in [6, 6.07) is 28.6. The molecule has 4 rings (SSSR count). The van der Waals surface area contributed by atoms with Crippen LogP contribution in [0.25, 0.3) is 16.8 Å². The van der Waals surface area contributed by atoms with Crippen LogP contribution in [0.15, 0.2) is 90.5 Å². The summed E-state index contributed by atoms with van der Waals surface area (Å²) >= 11 is 0. The van der Waals surface area contributed by atoms with Crippen LogP contribution in [0.1, 0.15) is 18.1 Å². The molecule has 1 N–H and O–H groups in total. The molecular formula is C30H26N2O4. The number of benzene rings is 4. The molecule has 0 saturated carbocycles. The van der Waals surface area contributed by atoms with Gasteiger partial charge in [-0.05, 0) is 59.2 Å². The third kappa shape index (κ3) is 5.65. The molecule has 0 bridgehead atoms. The number of amides is 1. The van der Waals surface area contributed by atoms with Gasteiger partial charge < -0.3 is 19.5 Å². The first kappa shape index (κ1) is 24.4. The van der Waals surface area contributed by atoms with E-state index >= 15 is 0 Å². The van der Waals surface area contributed by atoms with Crippen molar-refractivity contribution in [1.82, 2.24) is 0 Å². The third-order valence-corrected chi connectivity index (χ3v) is 5.56. The molecule has 0 unspecified atom stereocenters. The van der Waals surface area contributed by atoms with E-state index in [-0.39, 0.29) is 5.57 Å². The average Bonchev–Trinajstić information content (AvgIpc) is 2.91. The molecule has 0 saturated heterocycles. The lowest BCUT2D eigenvalue weighted by Crippen LogP contribution is -2.14. The maximum Gasteiger partial charge on any atom is 0.266 e. The highest BCUT2D eigenvalue weighted by Crippen LogP contribution is 2.31. The van der Waals surface area contributed by atoms with Crippen LogP contribution in [0.5, 0.6) is 17.2 Å². The minimum atomic E-state index is -0.531. The van der Waals surface area contributed by atoms with E-state index in [2.05, 4.69) is 23.5 Å². The van der Waals surface area contributed by atoms with Crippen LogP contribution in [-0.4, -0.2) is 19.6 Å². The third-order valence-electron chi connectivity index (χ3n) is 5.56. The predicted molar refractivity (Wildman–Crippen MR) is 141 cm³/mol. The van der Waals surface area contributed by atoms with Crippen molar-refractivity contribution in [3.05, 3.63) is 102 Å². The minimum absolute atomic E-state index is 0.0484. The Kier molecular flexibility index (Phi) is 7.84. The van der Waals surface area contributed by atoms with E-state index in [1.807, 2.05) is 37.3 Å². The van der Waals surface area contributed by atoms with E-state index < -0.39 is 5.91 Å². The van der Waals surface area contributed by atoms with E-state index in [1.165, 1.54) is 13.2 Å². The van der Waals surface area contributed by atoms with E-state index in [9.17, 15) is 10.1 Å². The zero-order chi connectivity index (χ0) is 25.3. The molecule has 0 spiro atoms. The molecule has 0 aromatic heterocycles. The molecule has 4 aromatic rings. The summed E-state index contributed by atoms with van der Waals surface area (Å²) in [4.78, 5) is 12.7. The summed E-state index contributed by atoms with van der Waals surface area (Å²) in [7, 11) is 1.52. The molecule has 0 fully saturated rings. The molecule has 0 radical (unpaired) electrons. The molecule has 4 aromatic carbocycles. The second-order valence-corrected chi connectivity index (χ2v) is 7.89. The standard InChI is InChI=1S/C30H26N2O4/c1-3-35-29-18-21(17-24(19-31)30(33)32-26-13-6-7-14-27(26)34-2)15-16-28(29)36-20-23-11-8-10-22-9-4-5-12-25(22)23/h4-18H,3,20H2,1-2H3,(H,32,33)/b24-17+. The molecular weight excluding hydrogens is 452 g/mol. The fourth-order valence-corrected chi connectivity index (χ4v) is 3.83. The highest BCUT2D eigenvalue weighted by atomic mass is 16.5. The molecule has 36 heavy (non-hydrogen) atoms. The fraction of sp³-hybridized carbons (Fsp3) is 0.133. The van der Waals surface area contributed by atoms with Crippen molar-refractivity contribution < 1.29 is 19.0 Å². The number of fused-ring (bicyclic) bond motifs is 1. The molecule has 180 valence electrons. The first-order valence-electron chi connectivity index (χ1n) is 11.6. The van der Waals surface area contributed by atoms with Crippen molar-refractivity contribution in [2.75, 3.05) is 19.0 Å². The van der Waals surface area contributed by atoms with Gasteiger partial charge in [-0.25, -0.2) is 0 Å². The highest BCUT2D eigenvalue weighted by Gasteiger charge is 2.14. The number of hydrogen-bond acceptors (Lipinski definition) is 5. The average molecular weight is 479 g/mol. The van der Waals surface area contributed by atoms with Gasteiger partial charge in [0, 0.05) is 0 Å². The molecule has 6 heteroatoms. The predicted octanol–water partition coefficient (Wildman–Crippen LogP) is 6.37. The number of ether oxygens (including phenoxy) is 3. The number of nitrogens with zero attached hydrogens (tertiary/aromatic N) is 1. The van der Waals surface area contributed by atoms with Crippen LogP contribution >= 0.6 is 0 Å². The molecule has 0 aliphatic carbocycles. The maximum absolute atomic E-state index is 12.7. The molecule has 1 amide bonds. The van der Waals surface area contributed by atoms with Crippen LogP contribution in [0.2, 0.25) is 0 Å². The molecule has 0 aliphatic heterocycles. The number of nitrogens with one attached hydrogen (secondary N) is 1. The molecule has 0 atom stereocenters. The van der Waals surface area contributed by atoms with E-state index in [0.29, 0.717) is 41.7 Å². The number of rotatable bonds is 9. The van der Waals surface area contributed by atoms with E-state index in [4.69, 9.17) is 14.2 Å². The van der Waals surface area contributed by atoms with Crippen molar-refractivity contribution in [3.63, 3.8) is 0 Å². The van der Waals surface area contributed by atoms with Gasteiger partial charge in [-0.1, -0.05) is 60.7 Å². The summed E-state index contributed by atoms with van der Waals surface area (Å²) < 4.78 is 17.2. The number of hydrogen-bond donors (Lipinski definition) is 1. The van der Waals surface area contributed by atoms with Crippen LogP contribution in [-0.2, 0) is 11.4 Å². The number of methoxy groups -OCH3 is 1. The zero-order valence-electron chi connectivity index (χ0n) is 20.2. The number of anilines is 1. The normalized spacial score (nSPS) is 11.0. The first-order chi connectivity index (χ1) is 17.6. The van der Waals surface area contributed by atoms with Crippen molar-refractivity contribution in [2.24, 2.45) is 0 Å². The number of nitriles is 1. The monoisotopic (exact) mass is 478 g/mol. The van der Waals surface area contributed by atoms with E-state index in [1.54, 1.807) is 42.5 Å². The SMILES string of the molecule is CCOc1cc(/C=C(\C#N)C(=O)Nc2ccccc2OC)ccc1OCc1cccc2ccccc12. The topological polar surface area (TPSA) is 80.6 Å². The van der Waals surface area contributed by atoms with Gasteiger partial charge in [-0.3, -0.25) is 4.79 Å². The van der Waals surface area contributed by atoms with Gasteiger partial charge in [0.25, 0.3) is 5.91 Å². The molecule has 6 nitrogen and oxygen atoms in total. The Morgan fingerprint density at radius 1 is 0.917 bits per heavy atom. The van der Waals surface area contributed by atoms with Gasteiger partial charge in [0.15, 0.2) is 11.5 Å². The van der Waals surface area contributed by atoms with Crippen molar-refractivity contribution in [3.8, 4) is 23.3 Å². The Bertz CT molecular complexity index is 1450. The van der Waals surface area contributed by atoms with Crippen molar-refractivity contribution >= 4 is 28.4 Å². The van der Waals surface area contributed by atoms with Gasteiger partial charge >= 0.3 is 0 Å². The van der Waals surface area contributed by atoms with Crippen LogP contribution < -0.4 is 19.5 Å². The van der Waals surface area contributed by atoms with Gasteiger partial charge in [0.05, 0.1) is 19.4 Å². The number of carbonyl (C=O) groups is 1. The summed E-state index contributed by atoms with van der Waals surface area (Å²) in [6.07, 6.45) is 1.52. The number of para-hydroxylation sites is 2. The quantitative estimate of drug-likeness (QED) is 0.223. The molecule has 0 heterocycles. The van der Waals surface area contributed by atoms with Crippen LogP contribution in [0.4, 0.5) is 5.69 Å². The van der Waals surface area contributed by atoms with Crippen molar-refractivity contribution in [2.45, 2.75) is 13.5 Å². The second-order valence-electron chi connectivity index (χ2n) is 7.89. The van der Waals surface area contributed by atoms with Gasteiger partial charge in [-0.2, -0.15) is 5.26 Å². The Morgan fingerprint density at radius 3 is 2.50 bits per heavy atom. The Morgan fingerprint density at radius 2 is 1.69 bits per heavy atom. The van der Waals surface area contributed by atoms with Crippen molar-refractivity contribution in [1.29, 1.82) is 5.26 Å².